The van der Waals surface area contributed by atoms with Crippen LogP contribution in [0, 0.1) is 28.6 Å². The average Bonchev–Trinajstić information content (AvgIpc) is 2.71. The molecule has 0 bridgehead atoms. The molecule has 0 N–H and O–H groups in total. The monoisotopic (exact) mass is 292 g/mol. The molecule has 2 rings (SSSR count). The largest absolute Gasteiger partial charge is 0.299 e. The number of hydrogen-bond acceptors (Lipinski definition) is 2. The molecule has 2 nitrogen and oxygen atoms in total. The lowest BCUT2D eigenvalue weighted by Crippen LogP contribution is -2.36. The van der Waals surface area contributed by atoms with Gasteiger partial charge in [-0.15, -0.1) is 0 Å². The third-order valence-electron chi connectivity index (χ3n) is 5.59. The lowest BCUT2D eigenvalue weighted by atomic mass is 9.69. The molecule has 0 heterocycles. The third kappa shape index (κ3) is 3.76. The Morgan fingerprint density at radius 1 is 0.857 bits per heavy atom. The zero-order valence-corrected chi connectivity index (χ0v) is 14.5. The third-order valence-corrected chi connectivity index (χ3v) is 5.59. The van der Waals surface area contributed by atoms with Crippen molar-refractivity contribution in [2.24, 2.45) is 28.6 Å². The smallest absolute Gasteiger partial charge is 0.141 e. The average molecular weight is 292 g/mol. The van der Waals surface area contributed by atoms with Gasteiger partial charge in [-0.3, -0.25) is 9.59 Å². The molecule has 0 aromatic heterocycles. The van der Waals surface area contributed by atoms with E-state index < -0.39 is 0 Å². The van der Waals surface area contributed by atoms with Gasteiger partial charge >= 0.3 is 0 Å². The van der Waals surface area contributed by atoms with Crippen molar-refractivity contribution in [2.45, 2.75) is 79.6 Å². The molecule has 2 unspecified atom stereocenters. The second-order valence-electron chi connectivity index (χ2n) is 9.07. The van der Waals surface area contributed by atoms with E-state index in [1.165, 1.54) is 6.42 Å². The van der Waals surface area contributed by atoms with Crippen molar-refractivity contribution in [2.75, 3.05) is 0 Å². The second kappa shape index (κ2) is 5.85. The van der Waals surface area contributed by atoms with Gasteiger partial charge in [0.1, 0.15) is 11.6 Å². The summed E-state index contributed by atoms with van der Waals surface area (Å²) in [5, 5.41) is 0. The highest BCUT2D eigenvalue weighted by molar-refractivity contribution is 5.87. The summed E-state index contributed by atoms with van der Waals surface area (Å²) in [5.74, 6) is 1.99. The maximum Gasteiger partial charge on any atom is 0.141 e. The Morgan fingerprint density at radius 2 is 1.48 bits per heavy atom. The predicted molar refractivity (Wildman–Crippen MR) is 86.0 cm³/mol. The number of ketones is 2. The van der Waals surface area contributed by atoms with Gasteiger partial charge in [0.05, 0.1) is 0 Å². The van der Waals surface area contributed by atoms with Crippen LogP contribution in [0.3, 0.4) is 0 Å². The minimum Gasteiger partial charge on any atom is -0.299 e. The first-order valence-electron chi connectivity index (χ1n) is 8.70. The summed E-state index contributed by atoms with van der Waals surface area (Å²) in [6, 6.07) is 0. The molecule has 2 aliphatic carbocycles. The lowest BCUT2D eigenvalue weighted by Gasteiger charge is -2.34. The maximum atomic E-state index is 12.5. The van der Waals surface area contributed by atoms with Crippen molar-refractivity contribution < 1.29 is 9.59 Å². The van der Waals surface area contributed by atoms with Crippen LogP contribution in [-0.2, 0) is 9.59 Å². The molecule has 120 valence electrons. The summed E-state index contributed by atoms with van der Waals surface area (Å²) in [6.45, 7) is 10.3. The number of carbonyl (C=O) groups is 2. The molecule has 2 atom stereocenters. The topological polar surface area (TPSA) is 34.1 Å². The van der Waals surface area contributed by atoms with Crippen LogP contribution in [0.2, 0.25) is 0 Å². The van der Waals surface area contributed by atoms with Gasteiger partial charge in [-0.05, 0) is 44.4 Å². The molecule has 0 saturated heterocycles. The van der Waals surface area contributed by atoms with Gasteiger partial charge in [0.15, 0.2) is 0 Å². The van der Waals surface area contributed by atoms with E-state index in [4.69, 9.17) is 0 Å². The highest BCUT2D eigenvalue weighted by Gasteiger charge is 2.41. The summed E-state index contributed by atoms with van der Waals surface area (Å²) in [7, 11) is 0. The van der Waals surface area contributed by atoms with E-state index in [1.807, 2.05) is 20.8 Å². The summed E-state index contributed by atoms with van der Waals surface area (Å²) in [4.78, 5) is 25.0. The maximum absolute atomic E-state index is 12.5. The fraction of sp³-hybridized carbons (Fsp3) is 0.895. The molecule has 21 heavy (non-hydrogen) atoms. The van der Waals surface area contributed by atoms with E-state index in [0.717, 1.165) is 38.5 Å². The first kappa shape index (κ1) is 16.7. The molecule has 0 aliphatic heterocycles. The SMILES string of the molecule is CC(C)(C)C(=O)C1CCC(CC(C)(C)C(=O)C2CCC2)C1. The molecule has 2 heteroatoms. The second-order valence-corrected chi connectivity index (χ2v) is 9.07. The molecular weight excluding hydrogens is 260 g/mol. The van der Waals surface area contributed by atoms with Crippen LogP contribution in [0.5, 0.6) is 0 Å². The molecule has 2 aliphatic rings. The Labute approximate surface area is 130 Å². The zero-order valence-electron chi connectivity index (χ0n) is 14.5. The molecular formula is C19H32O2. The highest BCUT2D eigenvalue weighted by atomic mass is 16.1. The lowest BCUT2D eigenvalue weighted by molar-refractivity contribution is -0.134. The van der Waals surface area contributed by atoms with Crippen molar-refractivity contribution in [3.8, 4) is 0 Å². The summed E-state index contributed by atoms with van der Waals surface area (Å²) in [5.41, 5.74) is -0.424. The minimum atomic E-state index is -0.225. The van der Waals surface area contributed by atoms with Crippen molar-refractivity contribution in [3.05, 3.63) is 0 Å². The Morgan fingerprint density at radius 3 is 1.95 bits per heavy atom. The molecule has 0 amide bonds. The molecule has 2 saturated carbocycles. The van der Waals surface area contributed by atoms with Crippen molar-refractivity contribution >= 4 is 11.6 Å². The standard InChI is InChI=1S/C19H32O2/c1-18(2,3)16(20)15-10-9-13(11-15)12-19(4,5)17(21)14-7-6-8-14/h13-15H,6-12H2,1-5H3. The van der Waals surface area contributed by atoms with Gasteiger partial charge in [-0.1, -0.05) is 41.0 Å². The molecule has 0 radical (unpaired) electrons. The quantitative estimate of drug-likeness (QED) is 0.729. The van der Waals surface area contributed by atoms with Gasteiger partial charge < -0.3 is 0 Å². The predicted octanol–water partition coefficient (Wildman–Crippen LogP) is 4.80. The van der Waals surface area contributed by atoms with Crippen molar-refractivity contribution in [1.82, 2.24) is 0 Å². The van der Waals surface area contributed by atoms with Gasteiger partial charge in [-0.2, -0.15) is 0 Å². The van der Waals surface area contributed by atoms with E-state index in [-0.39, 0.29) is 16.7 Å². The van der Waals surface area contributed by atoms with E-state index >= 15 is 0 Å². The molecule has 2 fully saturated rings. The Balaban J connectivity index is 1.90. The minimum absolute atomic E-state index is 0.199. The van der Waals surface area contributed by atoms with Crippen LogP contribution in [0.15, 0.2) is 0 Å². The van der Waals surface area contributed by atoms with E-state index in [2.05, 4.69) is 13.8 Å². The van der Waals surface area contributed by atoms with Crippen LogP contribution in [-0.4, -0.2) is 11.6 Å². The first-order chi connectivity index (χ1) is 9.61. The number of rotatable bonds is 5. The van der Waals surface area contributed by atoms with Crippen LogP contribution < -0.4 is 0 Å². The van der Waals surface area contributed by atoms with Gasteiger partial charge in [-0.25, -0.2) is 0 Å². The van der Waals surface area contributed by atoms with Crippen LogP contribution in [0.1, 0.15) is 79.6 Å². The zero-order chi connectivity index (χ0) is 15.8. The van der Waals surface area contributed by atoms with Crippen LogP contribution in [0.4, 0.5) is 0 Å². The van der Waals surface area contributed by atoms with Crippen LogP contribution in [0.25, 0.3) is 0 Å². The molecule has 0 spiro atoms. The van der Waals surface area contributed by atoms with Gasteiger partial charge in [0.2, 0.25) is 0 Å². The Hall–Kier alpha value is -0.660. The van der Waals surface area contributed by atoms with E-state index in [9.17, 15) is 9.59 Å². The van der Waals surface area contributed by atoms with Crippen molar-refractivity contribution in [1.29, 1.82) is 0 Å². The fourth-order valence-electron chi connectivity index (χ4n) is 4.16. The number of carbonyl (C=O) groups excluding carboxylic acids is 2. The number of Topliss-reactive ketones (excluding diaryl/α,β-unsaturated/α-hetero) is 2. The number of hydrogen-bond donors (Lipinski definition) is 0. The van der Waals surface area contributed by atoms with E-state index in [0.29, 0.717) is 23.4 Å². The molecule has 0 aromatic carbocycles. The van der Waals surface area contributed by atoms with Gasteiger partial charge in [0, 0.05) is 22.7 Å². The van der Waals surface area contributed by atoms with Crippen molar-refractivity contribution in [3.63, 3.8) is 0 Å². The Kier molecular flexibility index (Phi) is 4.66. The highest BCUT2D eigenvalue weighted by Crippen LogP contribution is 2.44. The van der Waals surface area contributed by atoms with Crippen LogP contribution >= 0.6 is 0 Å². The summed E-state index contributed by atoms with van der Waals surface area (Å²) < 4.78 is 0. The van der Waals surface area contributed by atoms with E-state index in [1.54, 1.807) is 0 Å². The summed E-state index contributed by atoms with van der Waals surface area (Å²) in [6.07, 6.45) is 7.52. The fourth-order valence-corrected chi connectivity index (χ4v) is 4.16. The van der Waals surface area contributed by atoms with Gasteiger partial charge in [0.25, 0.3) is 0 Å². The Bertz CT molecular complexity index is 410. The normalized spacial score (nSPS) is 27.5. The summed E-state index contributed by atoms with van der Waals surface area (Å²) >= 11 is 0. The molecule has 0 aromatic rings. The first-order valence-corrected chi connectivity index (χ1v) is 8.70.